The molecule has 0 saturated carbocycles. The average Bonchev–Trinajstić information content (AvgIpc) is 2.77. The van der Waals surface area contributed by atoms with E-state index in [-0.39, 0.29) is 29.9 Å². The third-order valence-corrected chi connectivity index (χ3v) is 5.62. The van der Waals surface area contributed by atoms with E-state index >= 15 is 0 Å². The van der Waals surface area contributed by atoms with Gasteiger partial charge in [-0.05, 0) is 54.3 Å². The van der Waals surface area contributed by atoms with Crippen molar-refractivity contribution >= 4 is 5.91 Å². The van der Waals surface area contributed by atoms with Gasteiger partial charge in [-0.1, -0.05) is 36.4 Å². The molecule has 0 radical (unpaired) electrons. The summed E-state index contributed by atoms with van der Waals surface area (Å²) in [7, 11) is 0. The third-order valence-electron chi connectivity index (χ3n) is 5.62. The molecule has 3 aromatic rings. The van der Waals surface area contributed by atoms with Gasteiger partial charge in [0.25, 0.3) is 0 Å². The van der Waals surface area contributed by atoms with E-state index in [4.69, 9.17) is 4.98 Å². The van der Waals surface area contributed by atoms with Crippen LogP contribution < -0.4 is 0 Å². The van der Waals surface area contributed by atoms with Gasteiger partial charge in [-0.25, -0.2) is 8.78 Å². The van der Waals surface area contributed by atoms with Crippen molar-refractivity contribution in [2.24, 2.45) is 0 Å². The lowest BCUT2D eigenvalue weighted by Gasteiger charge is -2.32. The second-order valence-corrected chi connectivity index (χ2v) is 7.80. The molecule has 5 heteroatoms. The second kappa shape index (κ2) is 9.16. The van der Waals surface area contributed by atoms with Gasteiger partial charge < -0.3 is 4.90 Å². The molecule has 1 fully saturated rings. The highest BCUT2D eigenvalue weighted by Gasteiger charge is 2.25. The molecule has 0 aliphatic carbocycles. The van der Waals surface area contributed by atoms with E-state index in [0.717, 1.165) is 36.3 Å². The van der Waals surface area contributed by atoms with Gasteiger partial charge in [0, 0.05) is 36.8 Å². The van der Waals surface area contributed by atoms with Crippen LogP contribution in [0.5, 0.6) is 0 Å². The Bertz CT molecular complexity index is 1020. The molecule has 1 aromatic heterocycles. The number of amides is 1. The molecule has 4 rings (SSSR count). The van der Waals surface area contributed by atoms with Gasteiger partial charge in [-0.15, -0.1) is 0 Å². The first-order chi connectivity index (χ1) is 14.6. The van der Waals surface area contributed by atoms with Crippen LogP contribution >= 0.6 is 0 Å². The lowest BCUT2D eigenvalue weighted by atomic mass is 9.93. The minimum atomic E-state index is -0.300. The lowest BCUT2D eigenvalue weighted by molar-refractivity contribution is -0.131. The van der Waals surface area contributed by atoms with Gasteiger partial charge in [-0.2, -0.15) is 0 Å². The normalized spacial score (nSPS) is 16.5. The lowest BCUT2D eigenvalue weighted by Crippen LogP contribution is -2.40. The summed E-state index contributed by atoms with van der Waals surface area (Å²) in [4.78, 5) is 19.4. The number of hydrogen-bond acceptors (Lipinski definition) is 2. The molecular weight excluding hydrogens is 382 g/mol. The Kier molecular flexibility index (Phi) is 6.17. The molecule has 2 aromatic carbocycles. The number of piperidine rings is 1. The SMILES string of the molecule is O=C(Cc1ccc(F)cc1)N1CCC[C@H](c2cccc(Cc3ccccc3F)n2)C1. The predicted octanol–water partition coefficient (Wildman–Crippen LogP) is 4.90. The number of pyridine rings is 1. The van der Waals surface area contributed by atoms with Gasteiger partial charge >= 0.3 is 0 Å². The maximum Gasteiger partial charge on any atom is 0.227 e. The Labute approximate surface area is 175 Å². The summed E-state index contributed by atoms with van der Waals surface area (Å²) in [6.07, 6.45) is 2.60. The van der Waals surface area contributed by atoms with Gasteiger partial charge in [0.1, 0.15) is 11.6 Å². The van der Waals surface area contributed by atoms with Crippen LogP contribution in [0.3, 0.4) is 0 Å². The van der Waals surface area contributed by atoms with E-state index in [0.29, 0.717) is 18.5 Å². The molecule has 1 aliphatic rings. The first kappa shape index (κ1) is 20.2. The summed E-state index contributed by atoms with van der Waals surface area (Å²) in [5.74, 6) is -0.309. The average molecular weight is 406 g/mol. The van der Waals surface area contributed by atoms with Crippen molar-refractivity contribution in [1.82, 2.24) is 9.88 Å². The Morgan fingerprint density at radius 2 is 1.80 bits per heavy atom. The Morgan fingerprint density at radius 1 is 1.00 bits per heavy atom. The topological polar surface area (TPSA) is 33.2 Å². The summed E-state index contributed by atoms with van der Waals surface area (Å²) >= 11 is 0. The zero-order valence-corrected chi connectivity index (χ0v) is 16.7. The zero-order valence-electron chi connectivity index (χ0n) is 16.7. The number of likely N-dealkylation sites (tertiary alicyclic amines) is 1. The minimum absolute atomic E-state index is 0.0498. The van der Waals surface area contributed by atoms with Crippen molar-refractivity contribution in [3.63, 3.8) is 0 Å². The first-order valence-corrected chi connectivity index (χ1v) is 10.3. The Hall–Kier alpha value is -3.08. The molecule has 1 aliphatic heterocycles. The van der Waals surface area contributed by atoms with E-state index < -0.39 is 0 Å². The number of rotatable bonds is 5. The fourth-order valence-electron chi connectivity index (χ4n) is 3.99. The molecule has 0 unspecified atom stereocenters. The molecule has 2 heterocycles. The monoisotopic (exact) mass is 406 g/mol. The molecular formula is C25H24F2N2O. The van der Waals surface area contributed by atoms with E-state index in [1.807, 2.05) is 29.2 Å². The molecule has 154 valence electrons. The standard InChI is InChI=1S/C25H24F2N2O/c26-21-12-10-18(11-13-21)15-25(30)29-14-4-6-20(17-29)24-9-3-7-22(28-24)16-19-5-1-2-8-23(19)27/h1-3,5,7-13,20H,4,6,14-17H2/t20-/m0/s1. The Morgan fingerprint density at radius 3 is 2.60 bits per heavy atom. The quantitative estimate of drug-likeness (QED) is 0.604. The number of hydrogen-bond donors (Lipinski definition) is 0. The van der Waals surface area contributed by atoms with Crippen LogP contribution in [0.25, 0.3) is 0 Å². The fraction of sp³-hybridized carbons (Fsp3) is 0.280. The molecule has 1 atom stereocenters. The van der Waals surface area contributed by atoms with Crippen molar-refractivity contribution in [3.8, 4) is 0 Å². The molecule has 1 amide bonds. The van der Waals surface area contributed by atoms with Crippen LogP contribution in [0.2, 0.25) is 0 Å². The third kappa shape index (κ3) is 4.90. The molecule has 0 bridgehead atoms. The number of benzene rings is 2. The highest BCUT2D eigenvalue weighted by atomic mass is 19.1. The van der Waals surface area contributed by atoms with Gasteiger partial charge in [0.15, 0.2) is 0 Å². The number of carbonyl (C=O) groups is 1. The van der Waals surface area contributed by atoms with Crippen molar-refractivity contribution in [1.29, 1.82) is 0 Å². The van der Waals surface area contributed by atoms with Crippen molar-refractivity contribution in [2.75, 3.05) is 13.1 Å². The fourth-order valence-corrected chi connectivity index (χ4v) is 3.99. The number of nitrogens with zero attached hydrogens (tertiary/aromatic N) is 2. The zero-order chi connectivity index (χ0) is 20.9. The van der Waals surface area contributed by atoms with Crippen molar-refractivity contribution in [3.05, 3.63) is 101 Å². The summed E-state index contributed by atoms with van der Waals surface area (Å²) < 4.78 is 27.1. The largest absolute Gasteiger partial charge is 0.342 e. The molecule has 0 N–H and O–H groups in total. The molecule has 30 heavy (non-hydrogen) atoms. The van der Waals surface area contributed by atoms with Gasteiger partial charge in [-0.3, -0.25) is 9.78 Å². The van der Waals surface area contributed by atoms with Crippen LogP contribution in [0.15, 0.2) is 66.7 Å². The maximum atomic E-state index is 14.0. The molecule has 0 spiro atoms. The van der Waals surface area contributed by atoms with Gasteiger partial charge in [0.05, 0.1) is 6.42 Å². The van der Waals surface area contributed by atoms with E-state index in [1.165, 1.54) is 18.2 Å². The minimum Gasteiger partial charge on any atom is -0.342 e. The van der Waals surface area contributed by atoms with Crippen LogP contribution in [0, 0.1) is 11.6 Å². The van der Waals surface area contributed by atoms with Crippen molar-refractivity contribution in [2.45, 2.75) is 31.6 Å². The van der Waals surface area contributed by atoms with Crippen molar-refractivity contribution < 1.29 is 13.6 Å². The molecule has 3 nitrogen and oxygen atoms in total. The van der Waals surface area contributed by atoms with E-state index in [9.17, 15) is 13.6 Å². The van der Waals surface area contributed by atoms with Crippen LogP contribution in [-0.4, -0.2) is 28.9 Å². The number of carbonyl (C=O) groups excluding carboxylic acids is 1. The number of halogens is 2. The Balaban J connectivity index is 1.43. The van der Waals surface area contributed by atoms with Crippen LogP contribution in [-0.2, 0) is 17.6 Å². The first-order valence-electron chi connectivity index (χ1n) is 10.3. The van der Waals surface area contributed by atoms with E-state index in [2.05, 4.69) is 0 Å². The van der Waals surface area contributed by atoms with Crippen LogP contribution in [0.4, 0.5) is 8.78 Å². The summed E-state index contributed by atoms with van der Waals surface area (Å²) in [5, 5.41) is 0. The van der Waals surface area contributed by atoms with E-state index in [1.54, 1.807) is 24.3 Å². The highest BCUT2D eigenvalue weighted by Crippen LogP contribution is 2.26. The highest BCUT2D eigenvalue weighted by molar-refractivity contribution is 5.79. The predicted molar refractivity (Wildman–Crippen MR) is 112 cm³/mol. The number of aromatic nitrogens is 1. The van der Waals surface area contributed by atoms with Gasteiger partial charge in [0.2, 0.25) is 5.91 Å². The molecule has 1 saturated heterocycles. The summed E-state index contributed by atoms with van der Waals surface area (Å²) in [6.45, 7) is 1.35. The summed E-state index contributed by atoms with van der Waals surface area (Å²) in [6, 6.07) is 18.7. The smallest absolute Gasteiger partial charge is 0.227 e. The maximum absolute atomic E-state index is 14.0. The second-order valence-electron chi connectivity index (χ2n) is 7.80. The summed E-state index contributed by atoms with van der Waals surface area (Å²) in [5.41, 5.74) is 3.21. The van der Waals surface area contributed by atoms with Crippen LogP contribution in [0.1, 0.15) is 41.3 Å².